The number of anilines is 4. The minimum absolute atomic E-state index is 0.151. The van der Waals surface area contributed by atoms with Gasteiger partial charge < -0.3 is 10.2 Å². The largest absolute Gasteiger partial charge is 0.336 e. The number of amides is 1. The number of nitrogens with one attached hydrogen (secondary N) is 2. The van der Waals surface area contributed by atoms with Gasteiger partial charge in [0.2, 0.25) is 5.95 Å². The molecule has 1 aliphatic rings. The van der Waals surface area contributed by atoms with Crippen molar-refractivity contribution in [2.24, 2.45) is 0 Å². The molecule has 0 radical (unpaired) electrons. The maximum Gasteiger partial charge on any atom is 0.274 e. The highest BCUT2D eigenvalue weighted by atomic mass is 35.5. The Labute approximate surface area is 204 Å². The van der Waals surface area contributed by atoms with Crippen LogP contribution in [0.4, 0.5) is 31.8 Å². The third-order valence-corrected chi connectivity index (χ3v) is 5.92. The first-order chi connectivity index (χ1) is 16.9. The second kappa shape index (κ2) is 9.28. The molecule has 0 saturated heterocycles. The fourth-order valence-corrected chi connectivity index (χ4v) is 4.21. The van der Waals surface area contributed by atoms with E-state index in [2.05, 4.69) is 15.3 Å². The molecule has 7 nitrogen and oxygen atoms in total. The van der Waals surface area contributed by atoms with Crippen LogP contribution in [-0.4, -0.2) is 27.6 Å². The number of fused-ring (bicyclic) bond motifs is 3. The van der Waals surface area contributed by atoms with Gasteiger partial charge in [0, 0.05) is 34.6 Å². The van der Waals surface area contributed by atoms with Crippen molar-refractivity contribution in [3.05, 3.63) is 94.6 Å². The summed E-state index contributed by atoms with van der Waals surface area (Å²) in [5, 5.41) is 12.3. The molecule has 0 aliphatic carbocycles. The average Bonchev–Trinajstić information content (AvgIpc) is 3.01. The van der Waals surface area contributed by atoms with Crippen molar-refractivity contribution in [2.45, 2.75) is 6.42 Å². The first kappa shape index (κ1) is 22.7. The van der Waals surface area contributed by atoms with Crippen LogP contribution in [0.1, 0.15) is 15.9 Å². The van der Waals surface area contributed by atoms with Gasteiger partial charge in [-0.2, -0.15) is 0 Å². The molecule has 0 atom stereocenters. The lowest BCUT2D eigenvalue weighted by molar-refractivity contribution is 0.0706. The Morgan fingerprint density at radius 3 is 2.51 bits per heavy atom. The number of hydrogen-bond acceptors (Lipinski definition) is 6. The topological polar surface area (TPSA) is 90.4 Å². The summed E-state index contributed by atoms with van der Waals surface area (Å²) in [5.74, 6) is -1.67. The Bertz CT molecular complexity index is 1410. The Morgan fingerprint density at radius 2 is 1.80 bits per heavy atom. The first-order valence-corrected chi connectivity index (χ1v) is 11.0. The molecular formula is C25H18ClF2N5O2. The lowest BCUT2D eigenvalue weighted by atomic mass is 10.0. The zero-order chi connectivity index (χ0) is 24.5. The molecule has 0 saturated carbocycles. The van der Waals surface area contributed by atoms with Crippen molar-refractivity contribution in [3.63, 3.8) is 0 Å². The number of carbonyl (C=O) groups is 1. The smallest absolute Gasteiger partial charge is 0.274 e. The summed E-state index contributed by atoms with van der Waals surface area (Å²) in [5.41, 5.74) is 4.96. The van der Waals surface area contributed by atoms with Gasteiger partial charge in [0.15, 0.2) is 0 Å². The van der Waals surface area contributed by atoms with Gasteiger partial charge in [0.1, 0.15) is 17.3 Å². The van der Waals surface area contributed by atoms with Crippen LogP contribution in [0, 0.1) is 11.6 Å². The van der Waals surface area contributed by atoms with Crippen molar-refractivity contribution in [3.8, 4) is 11.3 Å². The summed E-state index contributed by atoms with van der Waals surface area (Å²) in [6.07, 6.45) is 2.12. The van der Waals surface area contributed by atoms with Crippen LogP contribution in [0.15, 0.2) is 66.9 Å². The van der Waals surface area contributed by atoms with Crippen LogP contribution >= 0.6 is 11.6 Å². The quantitative estimate of drug-likeness (QED) is 0.252. The lowest BCUT2D eigenvalue weighted by Crippen LogP contribution is -2.21. The van der Waals surface area contributed by atoms with Crippen LogP contribution in [0.25, 0.3) is 11.3 Å². The minimum atomic E-state index is -0.673. The molecule has 0 fully saturated rings. The van der Waals surface area contributed by atoms with E-state index in [0.717, 1.165) is 5.56 Å². The van der Waals surface area contributed by atoms with E-state index >= 15 is 0 Å². The van der Waals surface area contributed by atoms with Gasteiger partial charge in [-0.15, -0.1) is 0 Å². The van der Waals surface area contributed by atoms with Gasteiger partial charge in [-0.1, -0.05) is 17.7 Å². The highest BCUT2D eigenvalue weighted by Crippen LogP contribution is 2.42. The molecule has 176 valence electrons. The summed E-state index contributed by atoms with van der Waals surface area (Å²) in [6, 6.07) is 15.3. The van der Waals surface area contributed by atoms with Crippen LogP contribution in [-0.2, 0) is 6.42 Å². The highest BCUT2D eigenvalue weighted by Gasteiger charge is 2.26. The van der Waals surface area contributed by atoms with Crippen LogP contribution in [0.2, 0.25) is 5.02 Å². The number of hydrogen-bond donors (Lipinski definition) is 3. The Hall–Kier alpha value is -4.08. The number of aromatic nitrogens is 2. The molecule has 35 heavy (non-hydrogen) atoms. The van der Waals surface area contributed by atoms with E-state index in [0.29, 0.717) is 46.6 Å². The van der Waals surface area contributed by atoms with Crippen molar-refractivity contribution in [1.82, 2.24) is 15.4 Å². The Kier molecular flexibility index (Phi) is 6.02. The number of halogens is 3. The van der Waals surface area contributed by atoms with Gasteiger partial charge in [-0.3, -0.25) is 10.0 Å². The van der Waals surface area contributed by atoms with Gasteiger partial charge in [0.05, 0.1) is 11.4 Å². The van der Waals surface area contributed by atoms with Gasteiger partial charge in [-0.05, 0) is 66.6 Å². The number of rotatable bonds is 4. The summed E-state index contributed by atoms with van der Waals surface area (Å²) in [7, 11) is 0. The molecule has 1 aliphatic heterocycles. The molecule has 0 spiro atoms. The predicted octanol–water partition coefficient (Wildman–Crippen LogP) is 5.63. The predicted molar refractivity (Wildman–Crippen MR) is 129 cm³/mol. The molecule has 0 bridgehead atoms. The maximum atomic E-state index is 14.7. The van der Waals surface area contributed by atoms with Crippen LogP contribution in [0.5, 0.6) is 0 Å². The molecule has 5 rings (SSSR count). The summed E-state index contributed by atoms with van der Waals surface area (Å²) < 4.78 is 29.4. The molecule has 0 unspecified atom stereocenters. The SMILES string of the molecule is O=C(NO)c1ccc(Nc2ncc3c(n2)-c2ccc(Cl)cc2N(c2c(F)cccc2F)CC3)cc1. The van der Waals surface area contributed by atoms with Crippen molar-refractivity contribution < 1.29 is 18.8 Å². The molecule has 2 heterocycles. The lowest BCUT2D eigenvalue weighted by Gasteiger charge is -2.26. The third kappa shape index (κ3) is 4.39. The standard InChI is InChI=1S/C25H18ClF2N5O2/c26-16-6-9-18-21(12-16)33(23-19(27)2-1-3-20(23)28)11-10-15-13-29-25(31-22(15)18)30-17-7-4-14(5-8-17)24(34)32-35/h1-9,12-13,35H,10-11H2,(H,32,34)(H,29,30,31). The second-order valence-corrected chi connectivity index (χ2v) is 8.28. The Balaban J connectivity index is 1.55. The fraction of sp³-hybridized carbons (Fsp3) is 0.0800. The van der Waals surface area contributed by atoms with E-state index in [-0.39, 0.29) is 11.3 Å². The number of carbonyl (C=O) groups excluding carboxylic acids is 1. The van der Waals surface area contributed by atoms with E-state index in [4.69, 9.17) is 16.8 Å². The van der Waals surface area contributed by atoms with Crippen LogP contribution in [0.3, 0.4) is 0 Å². The zero-order valence-electron chi connectivity index (χ0n) is 18.1. The molecule has 1 aromatic heterocycles. The van der Waals surface area contributed by atoms with E-state index < -0.39 is 17.5 Å². The molecule has 4 aromatic rings. The fourth-order valence-electron chi connectivity index (χ4n) is 4.04. The summed E-state index contributed by atoms with van der Waals surface area (Å²) >= 11 is 6.27. The minimum Gasteiger partial charge on any atom is -0.336 e. The van der Waals surface area contributed by atoms with E-state index in [9.17, 15) is 13.6 Å². The van der Waals surface area contributed by atoms with Crippen molar-refractivity contribution >= 4 is 40.5 Å². The number of nitrogens with zero attached hydrogens (tertiary/aromatic N) is 3. The summed E-state index contributed by atoms with van der Waals surface area (Å²) in [4.78, 5) is 22.2. The molecule has 3 aromatic carbocycles. The van der Waals surface area contributed by atoms with Crippen molar-refractivity contribution in [1.29, 1.82) is 0 Å². The van der Waals surface area contributed by atoms with Gasteiger partial charge in [0.25, 0.3) is 5.91 Å². The zero-order valence-corrected chi connectivity index (χ0v) is 18.9. The van der Waals surface area contributed by atoms with Crippen molar-refractivity contribution in [2.75, 3.05) is 16.8 Å². The number of hydroxylamine groups is 1. The molecule has 10 heteroatoms. The second-order valence-electron chi connectivity index (χ2n) is 7.84. The van der Waals surface area contributed by atoms with Gasteiger partial charge >= 0.3 is 0 Å². The number of benzene rings is 3. The van der Waals surface area contributed by atoms with Crippen LogP contribution < -0.4 is 15.7 Å². The Morgan fingerprint density at radius 1 is 1.06 bits per heavy atom. The third-order valence-electron chi connectivity index (χ3n) is 5.69. The van der Waals surface area contributed by atoms with E-state index in [1.165, 1.54) is 30.3 Å². The van der Waals surface area contributed by atoms with E-state index in [1.807, 2.05) is 0 Å². The maximum absolute atomic E-state index is 14.7. The molecular weight excluding hydrogens is 476 g/mol. The van der Waals surface area contributed by atoms with Gasteiger partial charge in [-0.25, -0.2) is 24.2 Å². The monoisotopic (exact) mass is 493 g/mol. The molecule has 3 N–H and O–H groups in total. The average molecular weight is 494 g/mol. The summed E-state index contributed by atoms with van der Waals surface area (Å²) in [6.45, 7) is 0.294. The molecule has 1 amide bonds. The number of para-hydroxylation sites is 1. The highest BCUT2D eigenvalue weighted by molar-refractivity contribution is 6.31. The normalized spacial score (nSPS) is 12.4. The first-order valence-electron chi connectivity index (χ1n) is 10.6. The van der Waals surface area contributed by atoms with E-state index in [1.54, 1.807) is 46.9 Å².